The highest BCUT2D eigenvalue weighted by molar-refractivity contribution is 5.46. The van der Waals surface area contributed by atoms with Crippen LogP contribution < -0.4 is 4.90 Å². The van der Waals surface area contributed by atoms with Crippen LogP contribution in [0, 0.1) is 0 Å². The molecule has 0 bridgehead atoms. The van der Waals surface area contributed by atoms with E-state index in [1.54, 1.807) is 0 Å². The summed E-state index contributed by atoms with van der Waals surface area (Å²) < 4.78 is 5.63. The van der Waals surface area contributed by atoms with E-state index in [0.29, 0.717) is 19.8 Å². The molecule has 3 rings (SSSR count). The van der Waals surface area contributed by atoms with E-state index in [2.05, 4.69) is 34.1 Å². The summed E-state index contributed by atoms with van der Waals surface area (Å²) in [6, 6.07) is 20.6. The van der Waals surface area contributed by atoms with Crippen molar-refractivity contribution < 1.29 is 9.84 Å². The zero-order chi connectivity index (χ0) is 16.6. The van der Waals surface area contributed by atoms with Crippen molar-refractivity contribution in [2.75, 3.05) is 44.2 Å². The van der Waals surface area contributed by atoms with Gasteiger partial charge in [-0.2, -0.15) is 0 Å². The topological polar surface area (TPSA) is 35.9 Å². The average Bonchev–Trinajstić information content (AvgIpc) is 2.64. The maximum atomic E-state index is 10.2. The molecule has 1 atom stereocenters. The van der Waals surface area contributed by atoms with E-state index in [0.717, 1.165) is 31.7 Å². The Morgan fingerprint density at radius 2 is 1.50 bits per heavy atom. The minimum absolute atomic E-state index is 0.383. The van der Waals surface area contributed by atoms with Crippen LogP contribution in [0.15, 0.2) is 60.7 Å². The molecule has 24 heavy (non-hydrogen) atoms. The molecule has 0 amide bonds. The third-order valence-corrected chi connectivity index (χ3v) is 4.38. The van der Waals surface area contributed by atoms with Gasteiger partial charge < -0.3 is 14.7 Å². The first-order chi connectivity index (χ1) is 11.8. The molecule has 1 N–H and O–H groups in total. The zero-order valence-electron chi connectivity index (χ0n) is 14.1. The smallest absolute Gasteiger partial charge is 0.0900 e. The van der Waals surface area contributed by atoms with Crippen molar-refractivity contribution in [3.63, 3.8) is 0 Å². The molecule has 4 heteroatoms. The number of para-hydroxylation sites is 1. The molecule has 0 radical (unpaired) electrons. The van der Waals surface area contributed by atoms with Crippen LogP contribution in [0.3, 0.4) is 0 Å². The number of piperazine rings is 1. The first kappa shape index (κ1) is 17.0. The molecule has 0 aliphatic carbocycles. The molecule has 0 spiro atoms. The van der Waals surface area contributed by atoms with Crippen LogP contribution in [0.1, 0.15) is 5.56 Å². The SMILES string of the molecule is O[C@@H](COCc1ccccc1)CN1CCN(c2ccccc2)CC1. The predicted octanol–water partition coefficient (Wildman–Crippen LogP) is 2.39. The lowest BCUT2D eigenvalue weighted by Crippen LogP contribution is -2.49. The van der Waals surface area contributed by atoms with Gasteiger partial charge in [-0.1, -0.05) is 48.5 Å². The van der Waals surface area contributed by atoms with Crippen LogP contribution >= 0.6 is 0 Å². The van der Waals surface area contributed by atoms with E-state index >= 15 is 0 Å². The van der Waals surface area contributed by atoms with E-state index in [1.165, 1.54) is 5.69 Å². The number of aliphatic hydroxyl groups excluding tert-OH is 1. The second-order valence-electron chi connectivity index (χ2n) is 6.28. The number of hydrogen-bond acceptors (Lipinski definition) is 4. The van der Waals surface area contributed by atoms with Crippen LogP contribution in [-0.4, -0.2) is 55.4 Å². The van der Waals surface area contributed by atoms with Crippen molar-refractivity contribution in [2.45, 2.75) is 12.7 Å². The summed E-state index contributed by atoms with van der Waals surface area (Å²) in [5.74, 6) is 0. The van der Waals surface area contributed by atoms with Crippen molar-refractivity contribution in [1.29, 1.82) is 0 Å². The monoisotopic (exact) mass is 326 g/mol. The Morgan fingerprint density at radius 1 is 0.875 bits per heavy atom. The Bertz CT molecular complexity index is 583. The lowest BCUT2D eigenvalue weighted by Gasteiger charge is -2.36. The van der Waals surface area contributed by atoms with Gasteiger partial charge in [0.25, 0.3) is 0 Å². The largest absolute Gasteiger partial charge is 0.389 e. The molecule has 0 aromatic heterocycles. The third-order valence-electron chi connectivity index (χ3n) is 4.38. The highest BCUT2D eigenvalue weighted by atomic mass is 16.5. The van der Waals surface area contributed by atoms with Crippen LogP contribution in [0.2, 0.25) is 0 Å². The molecule has 1 fully saturated rings. The fourth-order valence-electron chi connectivity index (χ4n) is 3.07. The number of aliphatic hydroxyl groups is 1. The molecule has 1 saturated heterocycles. The Morgan fingerprint density at radius 3 is 2.17 bits per heavy atom. The first-order valence-electron chi connectivity index (χ1n) is 8.63. The van der Waals surface area contributed by atoms with E-state index in [9.17, 15) is 5.11 Å². The maximum absolute atomic E-state index is 10.2. The molecule has 128 valence electrons. The van der Waals surface area contributed by atoms with E-state index in [4.69, 9.17) is 4.74 Å². The Labute approximate surface area is 144 Å². The number of ether oxygens (including phenoxy) is 1. The van der Waals surface area contributed by atoms with Crippen molar-refractivity contribution in [2.24, 2.45) is 0 Å². The summed E-state index contributed by atoms with van der Waals surface area (Å²) in [5.41, 5.74) is 2.42. The minimum Gasteiger partial charge on any atom is -0.389 e. The van der Waals surface area contributed by atoms with E-state index in [-0.39, 0.29) is 0 Å². The number of benzene rings is 2. The summed E-state index contributed by atoms with van der Waals surface area (Å²) in [6.07, 6.45) is -0.433. The van der Waals surface area contributed by atoms with Gasteiger partial charge in [-0.3, -0.25) is 4.90 Å². The van der Waals surface area contributed by atoms with Gasteiger partial charge in [0, 0.05) is 38.4 Å². The molecule has 1 aliphatic heterocycles. The van der Waals surface area contributed by atoms with Gasteiger partial charge in [-0.25, -0.2) is 0 Å². The van der Waals surface area contributed by atoms with Crippen LogP contribution in [0.25, 0.3) is 0 Å². The van der Waals surface area contributed by atoms with Crippen molar-refractivity contribution in [1.82, 2.24) is 4.90 Å². The quantitative estimate of drug-likeness (QED) is 0.847. The van der Waals surface area contributed by atoms with Gasteiger partial charge in [-0.15, -0.1) is 0 Å². The van der Waals surface area contributed by atoms with Crippen molar-refractivity contribution >= 4 is 5.69 Å². The molecular weight excluding hydrogens is 300 g/mol. The summed E-state index contributed by atoms with van der Waals surface area (Å²) in [4.78, 5) is 4.71. The zero-order valence-corrected chi connectivity index (χ0v) is 14.1. The van der Waals surface area contributed by atoms with Gasteiger partial charge in [-0.05, 0) is 17.7 Å². The number of β-amino-alcohol motifs (C(OH)–C–C–N with tert-alkyl or cyclic N) is 1. The highest BCUT2D eigenvalue weighted by Crippen LogP contribution is 2.15. The van der Waals surface area contributed by atoms with Gasteiger partial charge in [0.2, 0.25) is 0 Å². The van der Waals surface area contributed by atoms with E-state index < -0.39 is 6.10 Å². The first-order valence-corrected chi connectivity index (χ1v) is 8.63. The van der Waals surface area contributed by atoms with Gasteiger partial charge in [0.1, 0.15) is 0 Å². The fraction of sp³-hybridized carbons (Fsp3) is 0.400. The Balaban J connectivity index is 1.35. The second kappa shape index (κ2) is 8.83. The average molecular weight is 326 g/mol. The van der Waals surface area contributed by atoms with Crippen LogP contribution in [-0.2, 0) is 11.3 Å². The molecule has 0 saturated carbocycles. The number of rotatable bonds is 7. The molecule has 2 aromatic carbocycles. The lowest BCUT2D eigenvalue weighted by atomic mass is 10.2. The molecule has 1 heterocycles. The summed E-state index contributed by atoms with van der Waals surface area (Å²) in [7, 11) is 0. The normalized spacial score (nSPS) is 17.0. The summed E-state index contributed by atoms with van der Waals surface area (Å²) in [5, 5.41) is 10.2. The third kappa shape index (κ3) is 5.06. The Hall–Kier alpha value is -1.88. The molecule has 1 aliphatic rings. The Kier molecular flexibility index (Phi) is 6.24. The molecule has 0 unspecified atom stereocenters. The number of hydrogen-bond donors (Lipinski definition) is 1. The number of nitrogens with zero attached hydrogens (tertiary/aromatic N) is 2. The summed E-state index contributed by atoms with van der Waals surface area (Å²) in [6.45, 7) is 5.57. The van der Waals surface area contributed by atoms with Gasteiger partial charge in [0.05, 0.1) is 19.3 Å². The minimum atomic E-state index is -0.433. The molecule has 2 aromatic rings. The fourth-order valence-corrected chi connectivity index (χ4v) is 3.07. The highest BCUT2D eigenvalue weighted by Gasteiger charge is 2.19. The summed E-state index contributed by atoms with van der Waals surface area (Å²) >= 11 is 0. The van der Waals surface area contributed by atoms with Gasteiger partial charge >= 0.3 is 0 Å². The van der Waals surface area contributed by atoms with Crippen LogP contribution in [0.4, 0.5) is 5.69 Å². The lowest BCUT2D eigenvalue weighted by molar-refractivity contribution is 0.00914. The number of anilines is 1. The molecular formula is C20H26N2O2. The second-order valence-corrected chi connectivity index (χ2v) is 6.28. The predicted molar refractivity (Wildman–Crippen MR) is 97.2 cm³/mol. The maximum Gasteiger partial charge on any atom is 0.0900 e. The molecule has 4 nitrogen and oxygen atoms in total. The van der Waals surface area contributed by atoms with Crippen LogP contribution in [0.5, 0.6) is 0 Å². The van der Waals surface area contributed by atoms with Gasteiger partial charge in [0.15, 0.2) is 0 Å². The van der Waals surface area contributed by atoms with Crippen molar-refractivity contribution in [3.05, 3.63) is 66.2 Å². The van der Waals surface area contributed by atoms with E-state index in [1.807, 2.05) is 36.4 Å². The van der Waals surface area contributed by atoms with Crippen molar-refractivity contribution in [3.8, 4) is 0 Å². The standard InChI is InChI=1S/C20H26N2O2/c23-20(17-24-16-18-7-3-1-4-8-18)15-21-11-13-22(14-12-21)19-9-5-2-6-10-19/h1-10,20,23H,11-17H2/t20-/m1/s1.